The second-order valence-electron chi connectivity index (χ2n) is 3.92. The molecule has 18 heavy (non-hydrogen) atoms. The van der Waals surface area contributed by atoms with Crippen molar-refractivity contribution < 1.29 is 9.15 Å². The molecule has 4 nitrogen and oxygen atoms in total. The standard InChI is InChI=1S/C13H15BrN2O2/c1-2-5-17-10-6-9(7-16-8-10)13(15)11-3-4-12(14)18-11/h3-4,6-8,13H,2,5,15H2,1H3. The lowest BCUT2D eigenvalue weighted by Gasteiger charge is -2.10. The van der Waals surface area contributed by atoms with Crippen molar-refractivity contribution >= 4 is 15.9 Å². The van der Waals surface area contributed by atoms with Crippen LogP contribution in [0.3, 0.4) is 0 Å². The van der Waals surface area contributed by atoms with Gasteiger partial charge >= 0.3 is 0 Å². The number of hydrogen-bond acceptors (Lipinski definition) is 4. The van der Waals surface area contributed by atoms with Crippen LogP contribution < -0.4 is 10.5 Å². The van der Waals surface area contributed by atoms with Crippen LogP contribution in [0.1, 0.15) is 30.7 Å². The van der Waals surface area contributed by atoms with E-state index in [9.17, 15) is 0 Å². The average Bonchev–Trinajstić information content (AvgIpc) is 2.82. The third-order valence-corrected chi connectivity index (χ3v) is 2.89. The molecular weight excluding hydrogens is 296 g/mol. The number of rotatable bonds is 5. The van der Waals surface area contributed by atoms with Gasteiger partial charge in [0.05, 0.1) is 18.8 Å². The zero-order valence-corrected chi connectivity index (χ0v) is 11.7. The minimum Gasteiger partial charge on any atom is -0.492 e. The molecule has 0 aliphatic rings. The van der Waals surface area contributed by atoms with Gasteiger partial charge in [0.2, 0.25) is 0 Å². The summed E-state index contributed by atoms with van der Waals surface area (Å²) in [5.74, 6) is 1.42. The van der Waals surface area contributed by atoms with Crippen molar-refractivity contribution in [3.63, 3.8) is 0 Å². The van der Waals surface area contributed by atoms with Crippen LogP contribution in [-0.2, 0) is 0 Å². The highest BCUT2D eigenvalue weighted by atomic mass is 79.9. The Labute approximate surface area is 114 Å². The molecule has 0 radical (unpaired) electrons. The summed E-state index contributed by atoms with van der Waals surface area (Å²) in [5, 5.41) is 0. The number of nitrogens with two attached hydrogens (primary N) is 1. The molecule has 0 amide bonds. The number of aromatic nitrogens is 1. The lowest BCUT2D eigenvalue weighted by atomic mass is 10.1. The van der Waals surface area contributed by atoms with Crippen LogP contribution >= 0.6 is 15.9 Å². The predicted octanol–water partition coefficient (Wildman–Crippen LogP) is 3.27. The molecule has 0 saturated heterocycles. The van der Waals surface area contributed by atoms with Crippen LogP contribution in [-0.4, -0.2) is 11.6 Å². The first-order chi connectivity index (χ1) is 8.70. The first kappa shape index (κ1) is 13.1. The van der Waals surface area contributed by atoms with E-state index in [-0.39, 0.29) is 6.04 Å². The summed E-state index contributed by atoms with van der Waals surface area (Å²) < 4.78 is 11.6. The Hall–Kier alpha value is -1.33. The lowest BCUT2D eigenvalue weighted by Crippen LogP contribution is -2.11. The lowest BCUT2D eigenvalue weighted by molar-refractivity contribution is 0.315. The molecule has 0 aliphatic carbocycles. The second-order valence-corrected chi connectivity index (χ2v) is 4.70. The van der Waals surface area contributed by atoms with E-state index in [1.807, 2.05) is 18.2 Å². The van der Waals surface area contributed by atoms with Crippen LogP contribution in [0.5, 0.6) is 5.75 Å². The maximum absolute atomic E-state index is 6.12. The molecule has 96 valence electrons. The molecule has 2 aromatic rings. The third kappa shape index (κ3) is 3.11. The molecular formula is C13H15BrN2O2. The van der Waals surface area contributed by atoms with Crippen LogP contribution in [0.2, 0.25) is 0 Å². The first-order valence-corrected chi connectivity index (χ1v) is 6.58. The quantitative estimate of drug-likeness (QED) is 0.920. The highest BCUT2D eigenvalue weighted by Gasteiger charge is 2.14. The van der Waals surface area contributed by atoms with E-state index in [1.165, 1.54) is 0 Å². The summed E-state index contributed by atoms with van der Waals surface area (Å²) in [6, 6.07) is 5.21. The molecule has 2 rings (SSSR count). The number of halogens is 1. The monoisotopic (exact) mass is 310 g/mol. The molecule has 0 aliphatic heterocycles. The van der Waals surface area contributed by atoms with E-state index in [4.69, 9.17) is 14.9 Å². The van der Waals surface area contributed by atoms with Gasteiger partial charge in [-0.3, -0.25) is 4.98 Å². The number of furan rings is 1. The normalized spacial score (nSPS) is 12.4. The molecule has 0 fully saturated rings. The van der Waals surface area contributed by atoms with E-state index < -0.39 is 0 Å². The number of hydrogen-bond donors (Lipinski definition) is 1. The van der Waals surface area contributed by atoms with Crippen molar-refractivity contribution in [2.75, 3.05) is 6.61 Å². The third-order valence-electron chi connectivity index (χ3n) is 2.47. The molecule has 2 aromatic heterocycles. The van der Waals surface area contributed by atoms with E-state index >= 15 is 0 Å². The van der Waals surface area contributed by atoms with Gasteiger partial charge < -0.3 is 14.9 Å². The van der Waals surface area contributed by atoms with E-state index in [2.05, 4.69) is 27.8 Å². The van der Waals surface area contributed by atoms with Crippen LogP contribution in [0.4, 0.5) is 0 Å². The Morgan fingerprint density at radius 3 is 2.94 bits per heavy atom. The van der Waals surface area contributed by atoms with Gasteiger partial charge in [0.1, 0.15) is 11.5 Å². The average molecular weight is 311 g/mol. The van der Waals surface area contributed by atoms with Gasteiger partial charge in [-0.1, -0.05) is 6.92 Å². The van der Waals surface area contributed by atoms with Crippen LogP contribution in [0.15, 0.2) is 39.7 Å². The Bertz CT molecular complexity index is 513. The van der Waals surface area contributed by atoms with Gasteiger partial charge in [-0.25, -0.2) is 0 Å². The highest BCUT2D eigenvalue weighted by Crippen LogP contribution is 2.25. The summed E-state index contributed by atoms with van der Waals surface area (Å²) in [6.45, 7) is 2.73. The Morgan fingerprint density at radius 1 is 1.44 bits per heavy atom. The van der Waals surface area contributed by atoms with Crippen molar-refractivity contribution in [2.24, 2.45) is 5.73 Å². The maximum Gasteiger partial charge on any atom is 0.169 e. The van der Waals surface area contributed by atoms with Gasteiger partial charge in [-0.05, 0) is 46.1 Å². The van der Waals surface area contributed by atoms with Gasteiger partial charge in [0.15, 0.2) is 4.67 Å². The molecule has 2 heterocycles. The fourth-order valence-electron chi connectivity index (χ4n) is 1.56. The van der Waals surface area contributed by atoms with Crippen molar-refractivity contribution in [1.29, 1.82) is 0 Å². The summed E-state index contributed by atoms with van der Waals surface area (Å²) in [4.78, 5) is 4.13. The zero-order chi connectivity index (χ0) is 13.0. The van der Waals surface area contributed by atoms with Crippen LogP contribution in [0.25, 0.3) is 0 Å². The Balaban J connectivity index is 2.17. The molecule has 5 heteroatoms. The first-order valence-electron chi connectivity index (χ1n) is 5.79. The number of pyridine rings is 1. The SMILES string of the molecule is CCCOc1cncc(C(N)c2ccc(Br)o2)c1. The fourth-order valence-corrected chi connectivity index (χ4v) is 1.88. The molecule has 0 bridgehead atoms. The largest absolute Gasteiger partial charge is 0.492 e. The van der Waals surface area contributed by atoms with Crippen molar-refractivity contribution in [2.45, 2.75) is 19.4 Å². The summed E-state index contributed by atoms with van der Waals surface area (Å²) in [7, 11) is 0. The van der Waals surface area contributed by atoms with Crippen molar-refractivity contribution in [3.8, 4) is 5.75 Å². The minimum absolute atomic E-state index is 0.339. The molecule has 0 aromatic carbocycles. The topological polar surface area (TPSA) is 61.3 Å². The predicted molar refractivity (Wildman–Crippen MR) is 72.5 cm³/mol. The van der Waals surface area contributed by atoms with Crippen LogP contribution in [0, 0.1) is 0 Å². The summed E-state index contributed by atoms with van der Waals surface area (Å²) in [5.41, 5.74) is 6.98. The van der Waals surface area contributed by atoms with E-state index in [0.29, 0.717) is 17.0 Å². The van der Waals surface area contributed by atoms with Crippen molar-refractivity contribution in [3.05, 3.63) is 46.6 Å². The molecule has 1 atom stereocenters. The highest BCUT2D eigenvalue weighted by molar-refractivity contribution is 9.10. The van der Waals surface area contributed by atoms with Gasteiger partial charge in [-0.15, -0.1) is 0 Å². The van der Waals surface area contributed by atoms with Gasteiger partial charge in [-0.2, -0.15) is 0 Å². The molecule has 1 unspecified atom stereocenters. The number of ether oxygens (including phenoxy) is 1. The Morgan fingerprint density at radius 2 is 2.28 bits per heavy atom. The minimum atomic E-state index is -0.339. The summed E-state index contributed by atoms with van der Waals surface area (Å²) in [6.07, 6.45) is 4.37. The smallest absolute Gasteiger partial charge is 0.169 e. The zero-order valence-electron chi connectivity index (χ0n) is 10.1. The Kier molecular flexibility index (Phi) is 4.38. The van der Waals surface area contributed by atoms with E-state index in [0.717, 1.165) is 17.7 Å². The maximum atomic E-state index is 6.12. The molecule has 0 saturated carbocycles. The summed E-state index contributed by atoms with van der Waals surface area (Å²) >= 11 is 3.26. The van der Waals surface area contributed by atoms with Gasteiger partial charge in [0, 0.05) is 6.20 Å². The second kappa shape index (κ2) is 6.02. The number of nitrogens with zero attached hydrogens (tertiary/aromatic N) is 1. The van der Waals surface area contributed by atoms with E-state index in [1.54, 1.807) is 12.4 Å². The molecule has 0 spiro atoms. The fraction of sp³-hybridized carbons (Fsp3) is 0.308. The van der Waals surface area contributed by atoms with Gasteiger partial charge in [0.25, 0.3) is 0 Å². The molecule has 2 N–H and O–H groups in total. The van der Waals surface area contributed by atoms with Crippen molar-refractivity contribution in [1.82, 2.24) is 4.98 Å².